The van der Waals surface area contributed by atoms with Gasteiger partial charge in [-0.05, 0) is 25.2 Å². The minimum atomic E-state index is -1.80. The number of para-hydroxylation sites is 1. The predicted molar refractivity (Wildman–Crippen MR) is 75.6 cm³/mol. The van der Waals surface area contributed by atoms with Gasteiger partial charge in [-0.1, -0.05) is 37.8 Å². The Kier molecular flexibility index (Phi) is 3.69. The quantitative estimate of drug-likeness (QED) is 0.578. The van der Waals surface area contributed by atoms with Crippen LogP contribution in [0, 0.1) is 0 Å². The number of halogens is 1. The van der Waals surface area contributed by atoms with Crippen molar-refractivity contribution in [3.63, 3.8) is 0 Å². The molecule has 0 bridgehead atoms. The zero-order valence-corrected chi connectivity index (χ0v) is 13.0. The molecule has 0 saturated carbocycles. The molecule has 0 aromatic heterocycles. The summed E-state index contributed by atoms with van der Waals surface area (Å²) in [6, 6.07) is 10.5. The molecule has 0 fully saturated rings. The van der Waals surface area contributed by atoms with E-state index in [-0.39, 0.29) is 0 Å². The fraction of sp³-hybridized carbons (Fsp3) is 0.455. The lowest BCUT2D eigenvalue weighted by Gasteiger charge is -2.44. The van der Waals surface area contributed by atoms with Crippen molar-refractivity contribution in [2.45, 2.75) is 32.7 Å². The van der Waals surface area contributed by atoms with Gasteiger partial charge in [0.1, 0.15) is 8.24 Å². The average molecular weight is 258 g/mol. The van der Waals surface area contributed by atoms with Crippen molar-refractivity contribution in [2.24, 2.45) is 0 Å². The topological polar surface area (TPSA) is 3.24 Å². The molecule has 0 unspecified atom stereocenters. The van der Waals surface area contributed by atoms with Gasteiger partial charge in [0.2, 0.25) is 7.55 Å². The van der Waals surface area contributed by atoms with Crippen molar-refractivity contribution in [1.82, 2.24) is 0 Å². The predicted octanol–water partition coefficient (Wildman–Crippen LogP) is 4.27. The minimum Gasteiger partial charge on any atom is -0.413 e. The van der Waals surface area contributed by atoms with Gasteiger partial charge >= 0.3 is 0 Å². The molecule has 1 rings (SSSR count). The fourth-order valence-electron chi connectivity index (χ4n) is 2.07. The number of hydrogen-bond donors (Lipinski definition) is 0. The molecule has 84 valence electrons. The molecule has 15 heavy (non-hydrogen) atoms. The first-order valence-electron chi connectivity index (χ1n) is 5.27. The van der Waals surface area contributed by atoms with Crippen LogP contribution >= 0.6 is 11.1 Å². The third-order valence-corrected chi connectivity index (χ3v) is 9.76. The molecular formula is C11H20ClNSi2. The second kappa shape index (κ2) is 4.31. The molecule has 0 atom stereocenters. The van der Waals surface area contributed by atoms with Gasteiger partial charge in [-0.25, -0.2) is 0 Å². The monoisotopic (exact) mass is 257 g/mol. The minimum absolute atomic E-state index is 1.28. The maximum absolute atomic E-state index is 6.62. The van der Waals surface area contributed by atoms with Crippen molar-refractivity contribution in [3.8, 4) is 0 Å². The molecule has 4 heteroatoms. The second-order valence-electron chi connectivity index (χ2n) is 5.25. The first kappa shape index (κ1) is 12.8. The van der Waals surface area contributed by atoms with Gasteiger partial charge in [-0.3, -0.25) is 0 Å². The summed E-state index contributed by atoms with van der Waals surface area (Å²) in [5, 5.41) is 0. The molecule has 0 N–H and O–H groups in total. The smallest absolute Gasteiger partial charge is 0.241 e. The van der Waals surface area contributed by atoms with E-state index >= 15 is 0 Å². The van der Waals surface area contributed by atoms with Gasteiger partial charge in [0.25, 0.3) is 0 Å². The van der Waals surface area contributed by atoms with Crippen molar-refractivity contribution < 1.29 is 0 Å². The molecule has 0 aliphatic heterocycles. The lowest BCUT2D eigenvalue weighted by atomic mass is 10.3. The summed E-state index contributed by atoms with van der Waals surface area (Å²) >= 11 is 6.62. The van der Waals surface area contributed by atoms with E-state index in [1.807, 2.05) is 0 Å². The summed E-state index contributed by atoms with van der Waals surface area (Å²) in [5.41, 5.74) is 1.28. The average Bonchev–Trinajstić information content (AvgIpc) is 2.00. The van der Waals surface area contributed by atoms with Crippen LogP contribution in [0.1, 0.15) is 0 Å². The van der Waals surface area contributed by atoms with Gasteiger partial charge in [0.05, 0.1) is 0 Å². The number of rotatable bonds is 3. The molecule has 0 amide bonds. The Labute approximate surface area is 99.9 Å². The first-order valence-corrected chi connectivity index (χ1v) is 12.7. The van der Waals surface area contributed by atoms with Crippen molar-refractivity contribution >= 4 is 32.5 Å². The van der Waals surface area contributed by atoms with Crippen molar-refractivity contribution in [2.75, 3.05) is 4.23 Å². The van der Waals surface area contributed by atoms with E-state index in [1.54, 1.807) is 0 Å². The van der Waals surface area contributed by atoms with Crippen LogP contribution in [0.2, 0.25) is 32.7 Å². The van der Waals surface area contributed by atoms with E-state index < -0.39 is 15.8 Å². The molecule has 0 aliphatic carbocycles. The molecular weight excluding hydrogens is 238 g/mol. The van der Waals surface area contributed by atoms with Crippen LogP contribution in [0.4, 0.5) is 5.69 Å². The van der Waals surface area contributed by atoms with Crippen LogP contribution in [-0.2, 0) is 0 Å². The molecule has 1 aromatic rings. The van der Waals surface area contributed by atoms with Crippen LogP contribution in [0.15, 0.2) is 30.3 Å². The van der Waals surface area contributed by atoms with E-state index in [0.29, 0.717) is 0 Å². The normalized spacial score (nSPS) is 12.7. The summed E-state index contributed by atoms with van der Waals surface area (Å²) in [6.45, 7) is 11.4. The molecule has 0 aliphatic rings. The van der Waals surface area contributed by atoms with Gasteiger partial charge in [-0.15, -0.1) is 11.1 Å². The molecule has 1 aromatic carbocycles. The highest BCUT2D eigenvalue weighted by Crippen LogP contribution is 2.29. The molecule has 1 nitrogen and oxygen atoms in total. The highest BCUT2D eigenvalue weighted by molar-refractivity contribution is 7.26. The zero-order valence-electron chi connectivity index (χ0n) is 10.2. The Bertz CT molecular complexity index is 300. The van der Waals surface area contributed by atoms with E-state index in [1.165, 1.54) is 5.69 Å². The van der Waals surface area contributed by atoms with E-state index in [2.05, 4.69) is 67.3 Å². The van der Waals surface area contributed by atoms with Crippen LogP contribution in [-0.4, -0.2) is 15.8 Å². The number of hydrogen-bond acceptors (Lipinski definition) is 1. The Balaban J connectivity index is 3.15. The molecule has 0 spiro atoms. The molecule has 0 saturated heterocycles. The van der Waals surface area contributed by atoms with Crippen LogP contribution < -0.4 is 4.23 Å². The Morgan fingerprint density at radius 2 is 1.40 bits per heavy atom. The number of benzene rings is 1. The van der Waals surface area contributed by atoms with E-state index in [9.17, 15) is 0 Å². The van der Waals surface area contributed by atoms with E-state index in [4.69, 9.17) is 11.1 Å². The third-order valence-electron chi connectivity index (χ3n) is 2.22. The highest BCUT2D eigenvalue weighted by Gasteiger charge is 2.36. The summed E-state index contributed by atoms with van der Waals surface area (Å²) in [5.74, 6) is 0. The Hall–Kier alpha value is -0.256. The highest BCUT2D eigenvalue weighted by atomic mass is 35.6. The standard InChI is InChI=1S/C11H20ClNSi2/c1-14(2,3)13(15(4,5)12)11-9-7-6-8-10-11/h6-10H,1-5H3. The number of anilines is 1. The summed E-state index contributed by atoms with van der Waals surface area (Å²) in [4.78, 5) is 0. The van der Waals surface area contributed by atoms with Crippen molar-refractivity contribution in [3.05, 3.63) is 30.3 Å². The summed E-state index contributed by atoms with van der Waals surface area (Å²) < 4.78 is 2.50. The molecule has 0 radical (unpaired) electrons. The Morgan fingerprint density at radius 3 is 1.73 bits per heavy atom. The maximum Gasteiger partial charge on any atom is 0.241 e. The van der Waals surface area contributed by atoms with Gasteiger partial charge in [-0.2, -0.15) is 0 Å². The summed E-state index contributed by atoms with van der Waals surface area (Å²) in [7, 11) is -3.20. The second-order valence-corrected chi connectivity index (χ2v) is 16.5. The van der Waals surface area contributed by atoms with Gasteiger partial charge in [0, 0.05) is 5.69 Å². The summed E-state index contributed by atoms with van der Waals surface area (Å²) in [6.07, 6.45) is 0. The fourth-order valence-corrected chi connectivity index (χ4v) is 12.7. The SMILES string of the molecule is C[Si](C)(C)N(c1ccccc1)[Si](C)(C)Cl. The Morgan fingerprint density at radius 1 is 0.933 bits per heavy atom. The third kappa shape index (κ3) is 3.36. The first-order chi connectivity index (χ1) is 6.73. The lowest BCUT2D eigenvalue weighted by molar-refractivity contribution is 1.39. The van der Waals surface area contributed by atoms with Gasteiger partial charge in [0.15, 0.2) is 0 Å². The molecule has 0 heterocycles. The van der Waals surface area contributed by atoms with Crippen LogP contribution in [0.25, 0.3) is 0 Å². The lowest BCUT2D eigenvalue weighted by Crippen LogP contribution is -2.58. The van der Waals surface area contributed by atoms with Crippen LogP contribution in [0.5, 0.6) is 0 Å². The van der Waals surface area contributed by atoms with Gasteiger partial charge < -0.3 is 4.23 Å². The largest absolute Gasteiger partial charge is 0.413 e. The number of nitrogens with zero attached hydrogens (tertiary/aromatic N) is 1. The van der Waals surface area contributed by atoms with Crippen molar-refractivity contribution in [1.29, 1.82) is 0 Å². The van der Waals surface area contributed by atoms with Crippen LogP contribution in [0.3, 0.4) is 0 Å². The zero-order chi connectivity index (χ0) is 11.7. The van der Waals surface area contributed by atoms with E-state index in [0.717, 1.165) is 0 Å². The maximum atomic E-state index is 6.62.